The standard InChI is InChI=1S/C20H22ClN3O2S/c21-16-8-4-7-14-15(16)12-24(19(14)26)17(11-13-5-2-1-3-6-13)18(25)23-20-22-9-10-27-20/h4,7-10,13,17H,1-3,5-6,11-12H2,(H,22,23,25). The first-order chi connectivity index (χ1) is 13.1. The molecular weight excluding hydrogens is 382 g/mol. The van der Waals surface area contributed by atoms with Crippen LogP contribution in [0.2, 0.25) is 5.02 Å². The van der Waals surface area contributed by atoms with Crippen LogP contribution in [-0.4, -0.2) is 27.7 Å². The number of carbonyl (C=O) groups excluding carboxylic acids is 2. The minimum absolute atomic E-state index is 0.109. The Hall–Kier alpha value is -1.92. The predicted octanol–water partition coefficient (Wildman–Crippen LogP) is 4.73. The van der Waals surface area contributed by atoms with Crippen LogP contribution in [0.1, 0.15) is 54.4 Å². The van der Waals surface area contributed by atoms with Crippen molar-refractivity contribution in [2.75, 3.05) is 5.32 Å². The summed E-state index contributed by atoms with van der Waals surface area (Å²) in [6.45, 7) is 0.385. The molecule has 1 aromatic carbocycles. The molecule has 1 atom stereocenters. The van der Waals surface area contributed by atoms with E-state index in [9.17, 15) is 9.59 Å². The zero-order valence-corrected chi connectivity index (χ0v) is 16.6. The topological polar surface area (TPSA) is 62.3 Å². The molecular formula is C20H22ClN3O2S. The highest BCUT2D eigenvalue weighted by Gasteiger charge is 2.38. The lowest BCUT2D eigenvalue weighted by Gasteiger charge is -2.31. The molecule has 1 aliphatic heterocycles. The number of fused-ring (bicyclic) bond motifs is 1. The highest BCUT2D eigenvalue weighted by Crippen LogP contribution is 2.34. The van der Waals surface area contributed by atoms with Crippen LogP contribution in [0, 0.1) is 5.92 Å². The molecule has 1 aliphatic carbocycles. The van der Waals surface area contributed by atoms with Crippen LogP contribution in [0.15, 0.2) is 29.8 Å². The number of anilines is 1. The van der Waals surface area contributed by atoms with E-state index in [2.05, 4.69) is 10.3 Å². The van der Waals surface area contributed by atoms with E-state index in [0.29, 0.717) is 34.6 Å². The summed E-state index contributed by atoms with van der Waals surface area (Å²) in [7, 11) is 0. The lowest BCUT2D eigenvalue weighted by molar-refractivity contribution is -0.121. The molecule has 1 fully saturated rings. The van der Waals surface area contributed by atoms with Gasteiger partial charge < -0.3 is 10.2 Å². The summed E-state index contributed by atoms with van der Waals surface area (Å²) in [6, 6.07) is 4.87. The van der Waals surface area contributed by atoms with Crippen molar-refractivity contribution in [3.8, 4) is 0 Å². The summed E-state index contributed by atoms with van der Waals surface area (Å²) >= 11 is 7.68. The van der Waals surface area contributed by atoms with E-state index in [-0.39, 0.29) is 11.8 Å². The fraction of sp³-hybridized carbons (Fsp3) is 0.450. The quantitative estimate of drug-likeness (QED) is 0.784. The summed E-state index contributed by atoms with van der Waals surface area (Å²) in [5.74, 6) is 0.202. The van der Waals surface area contributed by atoms with Gasteiger partial charge in [-0.3, -0.25) is 9.59 Å². The first-order valence-electron chi connectivity index (χ1n) is 9.42. The third kappa shape index (κ3) is 3.87. The Bertz CT molecular complexity index is 834. The van der Waals surface area contributed by atoms with E-state index < -0.39 is 6.04 Å². The zero-order valence-electron chi connectivity index (χ0n) is 15.0. The largest absolute Gasteiger partial charge is 0.322 e. The van der Waals surface area contributed by atoms with E-state index in [1.54, 1.807) is 29.3 Å². The summed E-state index contributed by atoms with van der Waals surface area (Å²) < 4.78 is 0. The Labute approximate surface area is 167 Å². The highest BCUT2D eigenvalue weighted by molar-refractivity contribution is 7.13. The highest BCUT2D eigenvalue weighted by atomic mass is 35.5. The molecule has 2 aromatic rings. The Balaban J connectivity index is 1.58. The van der Waals surface area contributed by atoms with Crippen LogP contribution >= 0.6 is 22.9 Å². The molecule has 0 radical (unpaired) electrons. The molecule has 0 spiro atoms. The smallest absolute Gasteiger partial charge is 0.255 e. The average Bonchev–Trinajstić information content (AvgIpc) is 3.30. The molecule has 2 aliphatic rings. The third-order valence-electron chi connectivity index (χ3n) is 5.56. The third-order valence-corrected chi connectivity index (χ3v) is 6.60. The molecule has 0 bridgehead atoms. The summed E-state index contributed by atoms with van der Waals surface area (Å²) in [5.41, 5.74) is 1.43. The molecule has 5 nitrogen and oxygen atoms in total. The number of hydrogen-bond acceptors (Lipinski definition) is 4. The van der Waals surface area contributed by atoms with Crippen molar-refractivity contribution in [3.63, 3.8) is 0 Å². The minimum atomic E-state index is -0.507. The summed E-state index contributed by atoms with van der Waals surface area (Å²) in [6.07, 6.45) is 8.25. The van der Waals surface area contributed by atoms with Gasteiger partial charge in [0.15, 0.2) is 5.13 Å². The van der Waals surface area contributed by atoms with Crippen molar-refractivity contribution in [2.24, 2.45) is 5.92 Å². The van der Waals surface area contributed by atoms with E-state index in [0.717, 1.165) is 18.4 Å². The number of aromatic nitrogens is 1. The van der Waals surface area contributed by atoms with Gasteiger partial charge in [-0.2, -0.15) is 0 Å². The number of benzene rings is 1. The van der Waals surface area contributed by atoms with Crippen molar-refractivity contribution in [2.45, 2.75) is 51.1 Å². The average molecular weight is 404 g/mol. The van der Waals surface area contributed by atoms with Gasteiger partial charge in [-0.25, -0.2) is 4.98 Å². The van der Waals surface area contributed by atoms with Gasteiger partial charge in [-0.15, -0.1) is 11.3 Å². The van der Waals surface area contributed by atoms with Gasteiger partial charge in [0, 0.05) is 34.3 Å². The maximum absolute atomic E-state index is 13.1. The number of thiazole rings is 1. The lowest BCUT2D eigenvalue weighted by atomic mass is 9.84. The van der Waals surface area contributed by atoms with Gasteiger partial charge >= 0.3 is 0 Å². The van der Waals surface area contributed by atoms with Crippen molar-refractivity contribution < 1.29 is 9.59 Å². The Morgan fingerprint density at radius 3 is 2.85 bits per heavy atom. The second kappa shape index (κ2) is 7.98. The first-order valence-corrected chi connectivity index (χ1v) is 10.7. The van der Waals surface area contributed by atoms with Crippen LogP contribution in [-0.2, 0) is 11.3 Å². The second-order valence-corrected chi connectivity index (χ2v) is 8.58. The van der Waals surface area contributed by atoms with Crippen molar-refractivity contribution >= 4 is 39.9 Å². The molecule has 4 rings (SSSR count). The number of nitrogens with one attached hydrogen (secondary N) is 1. The van der Waals surface area contributed by atoms with Crippen LogP contribution in [0.25, 0.3) is 0 Å². The van der Waals surface area contributed by atoms with Crippen LogP contribution in [0.4, 0.5) is 5.13 Å². The lowest BCUT2D eigenvalue weighted by Crippen LogP contribution is -2.45. The maximum atomic E-state index is 13.1. The van der Waals surface area contributed by atoms with Crippen LogP contribution < -0.4 is 5.32 Å². The number of halogens is 1. The van der Waals surface area contributed by atoms with Gasteiger partial charge in [-0.05, 0) is 24.5 Å². The second-order valence-electron chi connectivity index (χ2n) is 7.28. The monoisotopic (exact) mass is 403 g/mol. The molecule has 1 unspecified atom stereocenters. The predicted molar refractivity (Wildman–Crippen MR) is 107 cm³/mol. The molecule has 1 aromatic heterocycles. The first kappa shape index (κ1) is 18.4. The van der Waals surface area contributed by atoms with Gasteiger partial charge in [0.25, 0.3) is 5.91 Å². The summed E-state index contributed by atoms with van der Waals surface area (Å²) in [5, 5.41) is 5.86. The van der Waals surface area contributed by atoms with E-state index in [1.807, 2.05) is 5.38 Å². The molecule has 2 heterocycles. The number of carbonyl (C=O) groups is 2. The van der Waals surface area contributed by atoms with Crippen LogP contribution in [0.3, 0.4) is 0 Å². The molecule has 0 saturated heterocycles. The molecule has 2 amide bonds. The number of nitrogens with zero attached hydrogens (tertiary/aromatic N) is 2. The maximum Gasteiger partial charge on any atom is 0.255 e. The number of rotatable bonds is 5. The fourth-order valence-electron chi connectivity index (χ4n) is 4.16. The normalized spacial score (nSPS) is 18.4. The number of amides is 2. The van der Waals surface area contributed by atoms with Crippen molar-refractivity contribution in [3.05, 3.63) is 45.9 Å². The molecule has 27 heavy (non-hydrogen) atoms. The van der Waals surface area contributed by atoms with Gasteiger partial charge in [0.1, 0.15) is 6.04 Å². The van der Waals surface area contributed by atoms with Gasteiger partial charge in [0.2, 0.25) is 5.91 Å². The molecule has 1 saturated carbocycles. The summed E-state index contributed by atoms with van der Waals surface area (Å²) in [4.78, 5) is 31.9. The molecule has 1 N–H and O–H groups in total. The number of hydrogen-bond donors (Lipinski definition) is 1. The SMILES string of the molecule is O=C(Nc1nccs1)C(CC1CCCCC1)N1Cc2c(Cl)cccc2C1=O. The van der Waals surface area contributed by atoms with E-state index in [4.69, 9.17) is 11.6 Å². The van der Waals surface area contributed by atoms with Gasteiger partial charge in [0.05, 0.1) is 0 Å². The fourth-order valence-corrected chi connectivity index (χ4v) is 4.92. The van der Waals surface area contributed by atoms with Crippen LogP contribution in [0.5, 0.6) is 0 Å². The van der Waals surface area contributed by atoms with E-state index in [1.165, 1.54) is 30.6 Å². The zero-order chi connectivity index (χ0) is 18.8. The minimum Gasteiger partial charge on any atom is -0.322 e. The van der Waals surface area contributed by atoms with Crippen molar-refractivity contribution in [1.82, 2.24) is 9.88 Å². The Morgan fingerprint density at radius 2 is 2.15 bits per heavy atom. The molecule has 142 valence electrons. The Morgan fingerprint density at radius 1 is 1.33 bits per heavy atom. The van der Waals surface area contributed by atoms with Crippen molar-refractivity contribution in [1.29, 1.82) is 0 Å². The Kier molecular flexibility index (Phi) is 5.45. The van der Waals surface area contributed by atoms with E-state index >= 15 is 0 Å². The molecule has 7 heteroatoms. The van der Waals surface area contributed by atoms with Gasteiger partial charge in [-0.1, -0.05) is 49.8 Å².